The number of hydrogen-bond donors (Lipinski definition) is 0. The number of aromatic nitrogens is 4. The summed E-state index contributed by atoms with van der Waals surface area (Å²) < 4.78 is 7.37. The molecule has 0 bridgehead atoms. The highest BCUT2D eigenvalue weighted by molar-refractivity contribution is 7.08. The van der Waals surface area contributed by atoms with Gasteiger partial charge >= 0.3 is 0 Å². The van der Waals surface area contributed by atoms with Gasteiger partial charge in [0.2, 0.25) is 5.89 Å². The zero-order chi connectivity index (χ0) is 11.7. The van der Waals surface area contributed by atoms with E-state index in [9.17, 15) is 0 Å². The first-order valence-corrected chi connectivity index (χ1v) is 6.08. The molecule has 86 valence electrons. The summed E-state index contributed by atoms with van der Waals surface area (Å²) in [5.74, 6) is 1.49. The standard InChI is InChI=1S/C11H10N4OS/c1-8-10(4-15-7-12-6-13-15)14-11(16-8)9-2-3-17-5-9/h2-3,5-7H,4H2,1H3. The summed E-state index contributed by atoms with van der Waals surface area (Å²) >= 11 is 1.63. The molecule has 0 saturated heterocycles. The lowest BCUT2D eigenvalue weighted by Gasteiger charge is -1.95. The van der Waals surface area contributed by atoms with Gasteiger partial charge < -0.3 is 4.42 Å². The van der Waals surface area contributed by atoms with Gasteiger partial charge in [0.05, 0.1) is 6.54 Å². The maximum absolute atomic E-state index is 5.64. The predicted octanol–water partition coefficient (Wildman–Crippen LogP) is 2.35. The van der Waals surface area contributed by atoms with Crippen LogP contribution in [0.3, 0.4) is 0 Å². The van der Waals surface area contributed by atoms with Crippen LogP contribution in [-0.4, -0.2) is 19.7 Å². The molecule has 0 N–H and O–H groups in total. The first kappa shape index (κ1) is 10.2. The molecule has 3 heterocycles. The molecule has 0 aliphatic heterocycles. The molecule has 0 amide bonds. The topological polar surface area (TPSA) is 56.7 Å². The molecule has 17 heavy (non-hydrogen) atoms. The largest absolute Gasteiger partial charge is 0.441 e. The van der Waals surface area contributed by atoms with Crippen LogP contribution in [0.25, 0.3) is 11.5 Å². The van der Waals surface area contributed by atoms with E-state index in [4.69, 9.17) is 4.42 Å². The molecule has 5 nitrogen and oxygen atoms in total. The van der Waals surface area contributed by atoms with Gasteiger partial charge in [-0.3, -0.25) is 0 Å². The van der Waals surface area contributed by atoms with Crippen molar-refractivity contribution in [3.63, 3.8) is 0 Å². The third-order valence-corrected chi connectivity index (χ3v) is 3.12. The van der Waals surface area contributed by atoms with E-state index in [2.05, 4.69) is 15.1 Å². The Morgan fingerprint density at radius 1 is 1.47 bits per heavy atom. The molecule has 0 spiro atoms. The molecule has 0 unspecified atom stereocenters. The van der Waals surface area contributed by atoms with Gasteiger partial charge in [-0.1, -0.05) is 0 Å². The van der Waals surface area contributed by atoms with Gasteiger partial charge in [-0.2, -0.15) is 16.4 Å². The van der Waals surface area contributed by atoms with Gasteiger partial charge in [-0.05, 0) is 18.4 Å². The second-order valence-corrected chi connectivity index (χ2v) is 4.41. The third kappa shape index (κ3) is 1.99. The van der Waals surface area contributed by atoms with Crippen molar-refractivity contribution < 1.29 is 4.42 Å². The highest BCUT2D eigenvalue weighted by Gasteiger charge is 2.12. The molecule has 6 heteroatoms. The van der Waals surface area contributed by atoms with E-state index in [-0.39, 0.29) is 0 Å². The maximum Gasteiger partial charge on any atom is 0.227 e. The Kier molecular flexibility index (Phi) is 2.49. The van der Waals surface area contributed by atoms with Crippen LogP contribution < -0.4 is 0 Å². The minimum Gasteiger partial charge on any atom is -0.441 e. The van der Waals surface area contributed by atoms with Crippen LogP contribution in [0, 0.1) is 6.92 Å². The molecule has 0 saturated carbocycles. The van der Waals surface area contributed by atoms with Crippen molar-refractivity contribution in [1.82, 2.24) is 19.7 Å². The van der Waals surface area contributed by atoms with E-state index >= 15 is 0 Å². The van der Waals surface area contributed by atoms with Crippen LogP contribution in [0.15, 0.2) is 33.9 Å². The molecule has 0 radical (unpaired) electrons. The lowest BCUT2D eigenvalue weighted by molar-refractivity contribution is 0.536. The van der Waals surface area contributed by atoms with Crippen molar-refractivity contribution in [3.05, 3.63) is 40.9 Å². The summed E-state index contributed by atoms with van der Waals surface area (Å²) in [7, 11) is 0. The molecule has 0 aliphatic carbocycles. The molecular formula is C11H10N4OS. The van der Waals surface area contributed by atoms with Crippen molar-refractivity contribution in [1.29, 1.82) is 0 Å². The Morgan fingerprint density at radius 2 is 2.41 bits per heavy atom. The molecular weight excluding hydrogens is 236 g/mol. The minimum atomic E-state index is 0.583. The van der Waals surface area contributed by atoms with Gasteiger partial charge in [-0.15, -0.1) is 0 Å². The zero-order valence-corrected chi connectivity index (χ0v) is 10.0. The summed E-state index contributed by atoms with van der Waals surface area (Å²) in [5, 5.41) is 8.07. The van der Waals surface area contributed by atoms with Crippen LogP contribution in [0.2, 0.25) is 0 Å². The number of oxazole rings is 1. The van der Waals surface area contributed by atoms with Crippen molar-refractivity contribution in [2.45, 2.75) is 13.5 Å². The number of thiophene rings is 1. The number of aryl methyl sites for hydroxylation is 1. The Morgan fingerprint density at radius 3 is 3.12 bits per heavy atom. The summed E-state index contributed by atoms with van der Waals surface area (Å²) in [6, 6.07) is 2.00. The average Bonchev–Trinajstić information content (AvgIpc) is 3.02. The second kappa shape index (κ2) is 4.14. The molecule has 3 aromatic rings. The fraction of sp³-hybridized carbons (Fsp3) is 0.182. The van der Waals surface area contributed by atoms with E-state index in [1.54, 1.807) is 22.3 Å². The van der Waals surface area contributed by atoms with Gasteiger partial charge in [0.25, 0.3) is 0 Å². The number of nitrogens with zero attached hydrogens (tertiary/aromatic N) is 4. The molecule has 3 rings (SSSR count). The predicted molar refractivity (Wildman–Crippen MR) is 63.7 cm³/mol. The van der Waals surface area contributed by atoms with E-state index in [0.29, 0.717) is 12.4 Å². The average molecular weight is 246 g/mol. The van der Waals surface area contributed by atoms with Crippen LogP contribution in [0.5, 0.6) is 0 Å². The molecule has 3 aromatic heterocycles. The normalized spacial score (nSPS) is 10.9. The first-order chi connectivity index (χ1) is 8.33. The second-order valence-electron chi connectivity index (χ2n) is 3.63. The lowest BCUT2D eigenvalue weighted by atomic mass is 10.3. The smallest absolute Gasteiger partial charge is 0.227 e. The summed E-state index contributed by atoms with van der Waals surface area (Å²) in [6.45, 7) is 2.49. The van der Waals surface area contributed by atoms with Gasteiger partial charge in [-0.25, -0.2) is 14.6 Å². The quantitative estimate of drug-likeness (QED) is 0.711. The van der Waals surface area contributed by atoms with E-state index in [0.717, 1.165) is 17.0 Å². The molecule has 0 aromatic carbocycles. The fourth-order valence-electron chi connectivity index (χ4n) is 1.55. The third-order valence-electron chi connectivity index (χ3n) is 2.44. The van der Waals surface area contributed by atoms with Crippen molar-refractivity contribution in [3.8, 4) is 11.5 Å². The highest BCUT2D eigenvalue weighted by Crippen LogP contribution is 2.23. The zero-order valence-electron chi connectivity index (χ0n) is 9.20. The van der Waals surface area contributed by atoms with E-state index in [1.165, 1.54) is 6.33 Å². The monoisotopic (exact) mass is 246 g/mol. The summed E-state index contributed by atoms with van der Waals surface area (Å²) in [6.07, 6.45) is 3.17. The Balaban J connectivity index is 1.91. The molecule has 0 fully saturated rings. The van der Waals surface area contributed by atoms with Crippen LogP contribution in [0.1, 0.15) is 11.5 Å². The molecule has 0 atom stereocenters. The van der Waals surface area contributed by atoms with Crippen molar-refractivity contribution in [2.24, 2.45) is 0 Å². The summed E-state index contributed by atoms with van der Waals surface area (Å²) in [5.41, 5.74) is 1.90. The maximum atomic E-state index is 5.64. The highest BCUT2D eigenvalue weighted by atomic mass is 32.1. The van der Waals surface area contributed by atoms with Crippen LogP contribution in [-0.2, 0) is 6.54 Å². The van der Waals surface area contributed by atoms with E-state index in [1.807, 2.05) is 23.8 Å². The minimum absolute atomic E-state index is 0.583. The molecule has 0 aliphatic rings. The summed E-state index contributed by atoms with van der Waals surface area (Å²) in [4.78, 5) is 8.38. The van der Waals surface area contributed by atoms with Crippen LogP contribution in [0.4, 0.5) is 0 Å². The lowest BCUT2D eigenvalue weighted by Crippen LogP contribution is -2.01. The van der Waals surface area contributed by atoms with E-state index < -0.39 is 0 Å². The Bertz CT molecular complexity index is 598. The van der Waals surface area contributed by atoms with Crippen molar-refractivity contribution >= 4 is 11.3 Å². The number of rotatable bonds is 3. The van der Waals surface area contributed by atoms with Gasteiger partial charge in [0.1, 0.15) is 24.1 Å². The Labute approximate surface area is 102 Å². The van der Waals surface area contributed by atoms with Crippen molar-refractivity contribution in [2.75, 3.05) is 0 Å². The SMILES string of the molecule is Cc1oc(-c2ccsc2)nc1Cn1cncn1. The number of hydrogen-bond acceptors (Lipinski definition) is 5. The van der Waals surface area contributed by atoms with Gasteiger partial charge in [0.15, 0.2) is 0 Å². The fourth-order valence-corrected chi connectivity index (χ4v) is 2.18. The van der Waals surface area contributed by atoms with Crippen LogP contribution >= 0.6 is 11.3 Å². The van der Waals surface area contributed by atoms with Gasteiger partial charge in [0, 0.05) is 10.9 Å². The first-order valence-electron chi connectivity index (χ1n) is 5.14. The Hall–Kier alpha value is -1.95.